The van der Waals surface area contributed by atoms with Crippen LogP contribution in [0.25, 0.3) is 0 Å². The molecule has 0 bridgehead atoms. The van der Waals surface area contributed by atoms with Crippen molar-refractivity contribution in [3.63, 3.8) is 0 Å². The molecule has 134 valence electrons. The first-order valence-corrected chi connectivity index (χ1v) is 9.91. The molecule has 3 aromatic heterocycles. The number of rotatable bonds is 6. The van der Waals surface area contributed by atoms with Crippen LogP contribution in [-0.2, 0) is 23.3 Å². The van der Waals surface area contributed by atoms with E-state index < -0.39 is 5.41 Å². The molecule has 1 aliphatic rings. The van der Waals surface area contributed by atoms with Gasteiger partial charge in [0, 0.05) is 11.1 Å². The Kier molecular flexibility index (Phi) is 4.89. The molecule has 0 N–H and O–H groups in total. The smallest absolute Gasteiger partial charge is 0.234 e. The molecule has 3 aromatic rings. The van der Waals surface area contributed by atoms with Gasteiger partial charge >= 0.3 is 0 Å². The molecule has 4 nitrogen and oxygen atoms in total. The van der Waals surface area contributed by atoms with Gasteiger partial charge in [0.25, 0.3) is 0 Å². The van der Waals surface area contributed by atoms with Gasteiger partial charge in [-0.2, -0.15) is 0 Å². The van der Waals surface area contributed by atoms with Crippen molar-refractivity contribution in [2.24, 2.45) is 0 Å². The molecular formula is C21H22N2O2S. The van der Waals surface area contributed by atoms with Crippen molar-refractivity contribution >= 4 is 17.2 Å². The summed E-state index contributed by atoms with van der Waals surface area (Å²) < 4.78 is 5.53. The number of carbonyl (C=O) groups is 1. The van der Waals surface area contributed by atoms with Gasteiger partial charge in [0.05, 0.1) is 30.5 Å². The van der Waals surface area contributed by atoms with Crippen molar-refractivity contribution in [2.75, 3.05) is 0 Å². The van der Waals surface area contributed by atoms with E-state index in [9.17, 15) is 4.79 Å². The third-order valence-corrected chi connectivity index (χ3v) is 6.23. The highest BCUT2D eigenvalue weighted by Gasteiger charge is 2.45. The first-order valence-electron chi connectivity index (χ1n) is 9.04. The lowest BCUT2D eigenvalue weighted by Crippen LogP contribution is -2.44. The molecule has 1 saturated carbocycles. The zero-order valence-corrected chi connectivity index (χ0v) is 15.5. The number of amides is 1. The van der Waals surface area contributed by atoms with Crippen LogP contribution in [0.5, 0.6) is 0 Å². The first-order chi connectivity index (χ1) is 12.8. The summed E-state index contributed by atoms with van der Waals surface area (Å²) >= 11 is 1.69. The molecular weight excluding hydrogens is 344 g/mol. The number of hydrogen-bond donors (Lipinski definition) is 0. The summed E-state index contributed by atoms with van der Waals surface area (Å²) in [6, 6.07) is 13.8. The maximum atomic E-state index is 13.8. The molecule has 1 amide bonds. The summed E-state index contributed by atoms with van der Waals surface area (Å²) in [6.07, 6.45) is 7.47. The van der Waals surface area contributed by atoms with Crippen molar-refractivity contribution in [2.45, 2.75) is 44.2 Å². The van der Waals surface area contributed by atoms with Gasteiger partial charge in [0.2, 0.25) is 5.91 Å². The minimum atomic E-state index is -0.393. The summed E-state index contributed by atoms with van der Waals surface area (Å²) in [5.74, 6) is 0.994. The van der Waals surface area contributed by atoms with Crippen molar-refractivity contribution in [3.8, 4) is 0 Å². The van der Waals surface area contributed by atoms with Gasteiger partial charge < -0.3 is 9.32 Å². The molecule has 1 aliphatic carbocycles. The minimum Gasteiger partial charge on any atom is -0.467 e. The lowest BCUT2D eigenvalue weighted by Gasteiger charge is -2.33. The molecule has 5 heteroatoms. The number of pyridine rings is 1. The topological polar surface area (TPSA) is 46.3 Å². The van der Waals surface area contributed by atoms with Crippen LogP contribution in [0.1, 0.15) is 42.0 Å². The van der Waals surface area contributed by atoms with Gasteiger partial charge in [-0.05, 0) is 48.6 Å². The van der Waals surface area contributed by atoms with Crippen molar-refractivity contribution in [1.82, 2.24) is 9.88 Å². The molecule has 4 rings (SSSR count). The molecule has 0 aromatic carbocycles. The average Bonchev–Trinajstić information content (AvgIpc) is 3.43. The maximum Gasteiger partial charge on any atom is 0.234 e. The molecule has 0 aliphatic heterocycles. The molecule has 0 unspecified atom stereocenters. The van der Waals surface area contributed by atoms with Crippen LogP contribution in [0.15, 0.2) is 64.7 Å². The zero-order chi connectivity index (χ0) is 17.8. The predicted octanol–water partition coefficient (Wildman–Crippen LogP) is 4.78. The second kappa shape index (κ2) is 7.46. The molecule has 26 heavy (non-hydrogen) atoms. The number of hydrogen-bond acceptors (Lipinski definition) is 4. The Morgan fingerprint density at radius 1 is 1.12 bits per heavy atom. The lowest BCUT2D eigenvalue weighted by atomic mass is 9.82. The van der Waals surface area contributed by atoms with Gasteiger partial charge in [0.1, 0.15) is 5.76 Å². The highest BCUT2D eigenvalue weighted by atomic mass is 32.1. The summed E-state index contributed by atoms with van der Waals surface area (Å²) in [5, 5.41) is 2.07. The van der Waals surface area contributed by atoms with Crippen LogP contribution in [-0.4, -0.2) is 15.8 Å². The molecule has 3 heterocycles. The van der Waals surface area contributed by atoms with Gasteiger partial charge in [-0.25, -0.2) is 0 Å². The predicted molar refractivity (Wildman–Crippen MR) is 102 cm³/mol. The summed E-state index contributed by atoms with van der Waals surface area (Å²) in [4.78, 5) is 21.3. The van der Waals surface area contributed by atoms with Crippen LogP contribution in [0.4, 0.5) is 0 Å². The normalized spacial score (nSPS) is 15.8. The number of furan rings is 1. The van der Waals surface area contributed by atoms with E-state index >= 15 is 0 Å². The van der Waals surface area contributed by atoms with Gasteiger partial charge in [-0.1, -0.05) is 25.0 Å². The number of carbonyl (C=O) groups excluding carboxylic acids is 1. The molecule has 0 atom stereocenters. The Morgan fingerprint density at radius 2 is 2.00 bits per heavy atom. The Hall–Kier alpha value is -2.40. The second-order valence-electron chi connectivity index (χ2n) is 6.83. The molecule has 0 spiro atoms. The fourth-order valence-corrected chi connectivity index (χ4v) is 4.85. The Labute approximate surface area is 157 Å². The van der Waals surface area contributed by atoms with E-state index in [4.69, 9.17) is 4.42 Å². The van der Waals surface area contributed by atoms with E-state index in [0.717, 1.165) is 37.1 Å². The Bertz CT molecular complexity index is 822. The fraction of sp³-hybridized carbons (Fsp3) is 0.333. The van der Waals surface area contributed by atoms with Gasteiger partial charge in [-0.15, -0.1) is 11.3 Å². The molecule has 0 saturated heterocycles. The van der Waals surface area contributed by atoms with Gasteiger partial charge in [-0.3, -0.25) is 9.78 Å². The van der Waals surface area contributed by atoms with Crippen LogP contribution in [0, 0.1) is 0 Å². The second-order valence-corrected chi connectivity index (χ2v) is 7.78. The summed E-state index contributed by atoms with van der Waals surface area (Å²) in [6.45, 7) is 0.961. The fourth-order valence-electron chi connectivity index (χ4n) is 3.88. The standard InChI is InChI=1S/C21H22N2O2S/c24-20(21(10-2-3-11-21)19-9-6-14-26-19)23(16-18-8-5-13-25-18)15-17-7-1-4-12-22-17/h1,4-9,12-14H,2-3,10-11,15-16H2. The highest BCUT2D eigenvalue weighted by molar-refractivity contribution is 7.10. The number of nitrogens with zero attached hydrogens (tertiary/aromatic N) is 2. The lowest BCUT2D eigenvalue weighted by molar-refractivity contribution is -0.139. The number of aromatic nitrogens is 1. The van der Waals surface area contributed by atoms with Gasteiger partial charge in [0.15, 0.2) is 0 Å². The van der Waals surface area contributed by atoms with E-state index in [1.165, 1.54) is 4.88 Å². The van der Waals surface area contributed by atoms with Crippen molar-refractivity contribution < 1.29 is 9.21 Å². The zero-order valence-electron chi connectivity index (χ0n) is 14.6. The largest absolute Gasteiger partial charge is 0.467 e. The monoisotopic (exact) mass is 366 g/mol. The van der Waals surface area contributed by atoms with Crippen molar-refractivity contribution in [3.05, 3.63) is 76.6 Å². The SMILES string of the molecule is O=C(N(Cc1ccccn1)Cc1ccco1)C1(c2cccs2)CCCC1. The Balaban J connectivity index is 1.66. The highest BCUT2D eigenvalue weighted by Crippen LogP contribution is 2.44. The van der Waals surface area contributed by atoms with Crippen LogP contribution < -0.4 is 0 Å². The van der Waals surface area contributed by atoms with Crippen LogP contribution in [0.2, 0.25) is 0 Å². The minimum absolute atomic E-state index is 0.194. The Morgan fingerprint density at radius 3 is 2.65 bits per heavy atom. The van der Waals surface area contributed by atoms with E-state index in [2.05, 4.69) is 16.4 Å². The summed E-state index contributed by atoms with van der Waals surface area (Å²) in [7, 11) is 0. The van der Waals surface area contributed by atoms with E-state index in [1.54, 1.807) is 23.8 Å². The van der Waals surface area contributed by atoms with Crippen LogP contribution >= 0.6 is 11.3 Å². The number of thiophene rings is 1. The quantitative estimate of drug-likeness (QED) is 0.631. The average molecular weight is 366 g/mol. The van der Waals surface area contributed by atoms with E-state index in [1.807, 2.05) is 41.3 Å². The summed E-state index contributed by atoms with van der Waals surface area (Å²) in [5.41, 5.74) is 0.502. The maximum absolute atomic E-state index is 13.8. The third-order valence-electron chi connectivity index (χ3n) is 5.15. The van der Waals surface area contributed by atoms with E-state index in [-0.39, 0.29) is 5.91 Å². The first kappa shape index (κ1) is 17.0. The van der Waals surface area contributed by atoms with Crippen LogP contribution in [0.3, 0.4) is 0 Å². The third kappa shape index (κ3) is 3.31. The molecule has 0 radical (unpaired) electrons. The van der Waals surface area contributed by atoms with E-state index in [0.29, 0.717) is 13.1 Å². The van der Waals surface area contributed by atoms with Crippen molar-refractivity contribution in [1.29, 1.82) is 0 Å². The molecule has 1 fully saturated rings.